The number of aromatic nitrogens is 4. The number of nitrogen functional groups attached to an aromatic ring is 1. The fourth-order valence-electron chi connectivity index (χ4n) is 4.37. The number of nitrogens with two attached hydrogens (primary N) is 1. The molecule has 4 N–H and O–H groups in total. The van der Waals surface area contributed by atoms with Crippen LogP contribution in [0.2, 0.25) is 0 Å². The monoisotopic (exact) mass is 397 g/mol. The molecule has 1 aliphatic carbocycles. The summed E-state index contributed by atoms with van der Waals surface area (Å²) in [5, 5.41) is 3.22. The van der Waals surface area contributed by atoms with Gasteiger partial charge in [-0.05, 0) is 31.4 Å². The van der Waals surface area contributed by atoms with Crippen molar-refractivity contribution in [3.8, 4) is 11.5 Å². The van der Waals surface area contributed by atoms with E-state index in [9.17, 15) is 4.79 Å². The summed E-state index contributed by atoms with van der Waals surface area (Å²) >= 11 is 0. The van der Waals surface area contributed by atoms with E-state index >= 15 is 0 Å². The van der Waals surface area contributed by atoms with Gasteiger partial charge in [0, 0.05) is 29.3 Å². The highest BCUT2D eigenvalue weighted by Gasteiger charge is 2.29. The molecule has 156 valence electrons. The summed E-state index contributed by atoms with van der Waals surface area (Å²) in [5.74, 6) is 2.12. The number of aromatic amines is 1. The Kier molecular flexibility index (Phi) is 4.54. The second kappa shape index (κ2) is 7.35. The Morgan fingerprint density at radius 3 is 2.86 bits per heavy atom. The number of carbonyl (C=O) groups excluding carboxylic acids is 1. The maximum absolute atomic E-state index is 12.4. The maximum atomic E-state index is 12.4. The van der Waals surface area contributed by atoms with E-state index in [1.165, 1.54) is 12.8 Å². The van der Waals surface area contributed by atoms with Crippen LogP contribution in [0, 0.1) is 5.92 Å². The van der Waals surface area contributed by atoms with Crippen LogP contribution in [0.3, 0.4) is 0 Å². The van der Waals surface area contributed by atoms with Crippen LogP contribution in [0.4, 0.5) is 11.6 Å². The fraction of sp³-hybridized carbons (Fsp3) is 0.429. The first-order valence-electron chi connectivity index (χ1n) is 10.3. The predicted molar refractivity (Wildman–Crippen MR) is 119 cm³/mol. The zero-order valence-electron chi connectivity index (χ0n) is 16.3. The number of anilines is 2. The molecule has 3 aromatic rings. The molecule has 0 bridgehead atoms. The second-order valence-electron chi connectivity index (χ2n) is 7.99. The molecule has 3 heterocycles. The number of rotatable bonds is 4. The molecule has 8 heteroatoms. The lowest BCUT2D eigenvalue weighted by atomic mass is 10.1. The highest BCUT2D eigenvalue weighted by molar-refractivity contribution is 5.81. The predicted octanol–water partition coefficient (Wildman–Crippen LogP) is 3.23. The van der Waals surface area contributed by atoms with Crippen molar-refractivity contribution in [3.63, 3.8) is 0 Å². The number of H-pyrrole nitrogens is 1. The van der Waals surface area contributed by atoms with Crippen LogP contribution < -0.4 is 16.0 Å². The van der Waals surface area contributed by atoms with Crippen molar-refractivity contribution >= 4 is 28.6 Å². The Bertz CT molecular complexity index is 1020. The Labute approximate surface area is 173 Å². The van der Waals surface area contributed by atoms with Gasteiger partial charge in [-0.1, -0.05) is 25.0 Å². The van der Waals surface area contributed by atoms with Crippen LogP contribution in [0.5, 0.6) is 0 Å². The van der Waals surface area contributed by atoms with Gasteiger partial charge in [0.25, 0.3) is 0 Å². The van der Waals surface area contributed by atoms with Crippen LogP contribution in [0.25, 0.3) is 22.6 Å². The van der Waals surface area contributed by atoms with Gasteiger partial charge in [0.05, 0.1) is 17.2 Å². The molecular weight excluding hydrogens is 366 g/mol. The molecule has 1 saturated carbocycles. The molecule has 0 radical (unpaired) electrons. The van der Waals surface area contributed by atoms with Gasteiger partial charge in [0.1, 0.15) is 5.82 Å². The second-order valence-corrected chi connectivity index (χ2v) is 7.99. The molecule has 2 aromatic heterocycles. The van der Waals surface area contributed by atoms with E-state index in [0.717, 1.165) is 49.2 Å². The first-order chi connectivity index (χ1) is 14.2. The Morgan fingerprint density at radius 1 is 1.21 bits per heavy atom. The summed E-state index contributed by atoms with van der Waals surface area (Å²) in [4.78, 5) is 31.5. The Morgan fingerprint density at radius 2 is 2.03 bits per heavy atom. The number of hydrogen-bond acceptors (Lipinski definition) is 6. The van der Waals surface area contributed by atoms with Crippen LogP contribution >= 0.6 is 0 Å². The third-order valence-corrected chi connectivity index (χ3v) is 5.99. The van der Waals surface area contributed by atoms with E-state index in [0.29, 0.717) is 17.3 Å². The van der Waals surface area contributed by atoms with Crippen LogP contribution in [-0.2, 0) is 4.79 Å². The summed E-state index contributed by atoms with van der Waals surface area (Å²) in [6, 6.07) is 7.97. The van der Waals surface area contributed by atoms with E-state index in [2.05, 4.69) is 25.2 Å². The molecule has 1 amide bonds. The summed E-state index contributed by atoms with van der Waals surface area (Å²) < 4.78 is 0. The molecule has 5 rings (SSSR count). The van der Waals surface area contributed by atoms with Crippen molar-refractivity contribution in [1.82, 2.24) is 25.3 Å². The van der Waals surface area contributed by atoms with Crippen molar-refractivity contribution in [2.45, 2.75) is 38.1 Å². The molecular formula is C21H31N7O. The number of nitrogens with zero attached hydrogens (tertiary/aromatic N) is 4. The molecule has 2 fully saturated rings. The lowest BCUT2D eigenvalue weighted by Crippen LogP contribution is -2.40. The van der Waals surface area contributed by atoms with E-state index in [4.69, 9.17) is 10.7 Å². The maximum Gasteiger partial charge on any atom is 0.223 e. The standard InChI is InChI=1S/C21H25N7O.3H2/c22-19-18(20-25-15-7-3-4-8-16(15)26-20)27-17(11-23-19)28-10-9-14(12-28)24-21(29)13-5-1-2-6-13;;;/h3-4,7-8,11,13-14H,1-2,5-6,9-10,12H2,(H2,22,23)(H,24,29)(H,25,26);3*1H/t14-;;;/m0.../s1. The molecule has 1 atom stereocenters. The molecule has 1 aromatic carbocycles. The highest BCUT2D eigenvalue weighted by atomic mass is 16.2. The Balaban J connectivity index is 0.00000121. The van der Waals surface area contributed by atoms with Crippen molar-refractivity contribution in [3.05, 3.63) is 30.5 Å². The van der Waals surface area contributed by atoms with E-state index in [-0.39, 0.29) is 22.1 Å². The lowest BCUT2D eigenvalue weighted by Gasteiger charge is -2.19. The highest BCUT2D eigenvalue weighted by Crippen LogP contribution is 2.28. The largest absolute Gasteiger partial charge is 0.382 e. The molecule has 1 saturated heterocycles. The van der Waals surface area contributed by atoms with Gasteiger partial charge in [-0.3, -0.25) is 4.79 Å². The number of benzene rings is 1. The SMILES string of the molecule is Nc1ncc(N2CC[C@H](NC(=O)C3CCCC3)C2)nc1-c1nc2ccccc2[nH]1.[HH].[HH].[HH]. The number of carbonyl (C=O) groups is 1. The molecule has 0 unspecified atom stereocenters. The van der Waals surface area contributed by atoms with Crippen molar-refractivity contribution < 1.29 is 9.07 Å². The van der Waals surface area contributed by atoms with Crippen LogP contribution in [-0.4, -0.2) is 45.0 Å². The van der Waals surface area contributed by atoms with Gasteiger partial charge in [-0.2, -0.15) is 0 Å². The van der Waals surface area contributed by atoms with Crippen molar-refractivity contribution in [1.29, 1.82) is 0 Å². The normalized spacial score (nSPS) is 19.9. The van der Waals surface area contributed by atoms with Crippen molar-refractivity contribution in [2.24, 2.45) is 5.92 Å². The molecule has 29 heavy (non-hydrogen) atoms. The minimum atomic E-state index is 0. The number of amides is 1. The van der Waals surface area contributed by atoms with E-state index in [1.54, 1.807) is 6.20 Å². The third-order valence-electron chi connectivity index (χ3n) is 5.99. The van der Waals surface area contributed by atoms with Crippen LogP contribution in [0.1, 0.15) is 36.4 Å². The lowest BCUT2D eigenvalue weighted by molar-refractivity contribution is -0.125. The first kappa shape index (κ1) is 17.9. The summed E-state index contributed by atoms with van der Waals surface area (Å²) in [5.41, 5.74) is 8.45. The topological polar surface area (TPSA) is 113 Å². The molecule has 1 aliphatic heterocycles. The van der Waals surface area contributed by atoms with Crippen molar-refractivity contribution in [2.75, 3.05) is 23.7 Å². The van der Waals surface area contributed by atoms with Gasteiger partial charge < -0.3 is 20.9 Å². The summed E-state index contributed by atoms with van der Waals surface area (Å²) in [6.07, 6.45) is 6.98. The summed E-state index contributed by atoms with van der Waals surface area (Å²) in [6.45, 7) is 1.56. The van der Waals surface area contributed by atoms with Gasteiger partial charge in [-0.25, -0.2) is 15.0 Å². The number of fused-ring (bicyclic) bond motifs is 1. The average Bonchev–Trinajstić information content (AvgIpc) is 3.48. The zero-order chi connectivity index (χ0) is 19.8. The Hall–Kier alpha value is -3.16. The van der Waals surface area contributed by atoms with Gasteiger partial charge in [-0.15, -0.1) is 0 Å². The summed E-state index contributed by atoms with van der Waals surface area (Å²) in [7, 11) is 0. The molecule has 2 aliphatic rings. The van der Waals surface area contributed by atoms with Gasteiger partial charge >= 0.3 is 0 Å². The third kappa shape index (κ3) is 3.50. The van der Waals surface area contributed by atoms with E-state index < -0.39 is 0 Å². The van der Waals surface area contributed by atoms with E-state index in [1.807, 2.05) is 24.3 Å². The number of hydrogen-bond donors (Lipinski definition) is 3. The first-order valence-corrected chi connectivity index (χ1v) is 10.3. The van der Waals surface area contributed by atoms with Gasteiger partial charge in [0.2, 0.25) is 5.91 Å². The van der Waals surface area contributed by atoms with Gasteiger partial charge in [0.15, 0.2) is 17.3 Å². The number of nitrogens with one attached hydrogen (secondary N) is 2. The molecule has 8 nitrogen and oxygen atoms in total. The number of imidazole rings is 1. The average molecular weight is 398 g/mol. The molecule has 0 spiro atoms. The fourth-order valence-corrected chi connectivity index (χ4v) is 4.37. The minimum absolute atomic E-state index is 0. The smallest absolute Gasteiger partial charge is 0.223 e. The quantitative estimate of drug-likeness (QED) is 0.623. The number of para-hydroxylation sites is 2. The zero-order valence-corrected chi connectivity index (χ0v) is 16.3. The minimum Gasteiger partial charge on any atom is -0.382 e. The van der Waals surface area contributed by atoms with Crippen LogP contribution in [0.15, 0.2) is 30.5 Å².